The second-order valence-electron chi connectivity index (χ2n) is 3.06. The van der Waals surface area contributed by atoms with E-state index < -0.39 is 20.8 Å². The van der Waals surface area contributed by atoms with Crippen molar-refractivity contribution in [3.05, 3.63) is 35.7 Å². The van der Waals surface area contributed by atoms with Crippen LogP contribution in [-0.2, 0) is 20.8 Å². The lowest BCUT2D eigenvalue weighted by atomic mass is 10.3. The van der Waals surface area contributed by atoms with Crippen LogP contribution < -0.4 is 4.72 Å². The Morgan fingerprint density at radius 1 is 1.35 bits per heavy atom. The molecule has 7 heteroatoms. The molecule has 0 spiro atoms. The van der Waals surface area contributed by atoms with Crippen molar-refractivity contribution in [2.24, 2.45) is 0 Å². The van der Waals surface area contributed by atoms with Crippen molar-refractivity contribution in [1.82, 2.24) is 0 Å². The molecule has 0 aliphatic rings. The Balaban J connectivity index is 3.00. The fourth-order valence-corrected chi connectivity index (χ4v) is 2.46. The van der Waals surface area contributed by atoms with Gasteiger partial charge in [0.05, 0.1) is 11.0 Å². The number of anilines is 1. The van der Waals surface area contributed by atoms with Crippen LogP contribution in [0.3, 0.4) is 0 Å². The minimum absolute atomic E-state index is 0.0800. The van der Waals surface area contributed by atoms with Gasteiger partial charge >= 0.3 is 0 Å². The van der Waals surface area contributed by atoms with Crippen LogP contribution in [0.25, 0.3) is 0 Å². The van der Waals surface area contributed by atoms with Crippen molar-refractivity contribution < 1.29 is 12.6 Å². The molecule has 0 aliphatic carbocycles. The predicted molar refractivity (Wildman–Crippen MR) is 66.1 cm³/mol. The highest BCUT2D eigenvalue weighted by atomic mass is 32.2. The zero-order chi connectivity index (χ0) is 12.9. The van der Waals surface area contributed by atoms with E-state index in [-0.39, 0.29) is 4.90 Å². The molecule has 1 aromatic rings. The fraction of sp³-hybridized carbons (Fsp3) is 0.100. The summed E-state index contributed by atoms with van der Waals surface area (Å²) in [6.45, 7) is 0. The first-order chi connectivity index (χ1) is 7.95. The van der Waals surface area contributed by atoms with Gasteiger partial charge in [0.1, 0.15) is 11.0 Å². The lowest BCUT2D eigenvalue weighted by molar-refractivity contribution is 0.604. The maximum atomic E-state index is 11.6. The number of rotatable bonds is 4. The summed E-state index contributed by atoms with van der Waals surface area (Å²) in [5, 5.41) is 9.12. The smallest absolute Gasteiger partial charge is 0.200 e. The predicted octanol–water partition coefficient (Wildman–Crippen LogP) is 1.20. The molecule has 5 nitrogen and oxygen atoms in total. The lowest BCUT2D eigenvalue weighted by Crippen LogP contribution is -2.01. The van der Waals surface area contributed by atoms with E-state index in [0.717, 1.165) is 11.5 Å². The van der Waals surface area contributed by atoms with Crippen LogP contribution in [0, 0.1) is 11.3 Å². The summed E-state index contributed by atoms with van der Waals surface area (Å²) in [6, 6.07) is 7.40. The van der Waals surface area contributed by atoms with E-state index in [2.05, 4.69) is 4.72 Å². The van der Waals surface area contributed by atoms with E-state index in [4.69, 9.17) is 5.26 Å². The quantitative estimate of drug-likeness (QED) is 0.833. The monoisotopic (exact) mass is 270 g/mol. The standard InChI is InChI=1S/C10H10N2O3S2/c1-16(13)12-9-3-5-10(6-4-9)17(14,15)8-2-7-11/h2-6,8,12H,1H3. The molecular formula is C10H10N2O3S2. The van der Waals surface area contributed by atoms with Gasteiger partial charge in [-0.15, -0.1) is 0 Å². The number of nitrogens with zero attached hydrogens (tertiary/aromatic N) is 1. The van der Waals surface area contributed by atoms with Gasteiger partial charge < -0.3 is 4.72 Å². The van der Waals surface area contributed by atoms with Crippen LogP contribution in [0.1, 0.15) is 0 Å². The summed E-state index contributed by atoms with van der Waals surface area (Å²) in [5.41, 5.74) is 0.564. The third-order valence-corrected chi connectivity index (χ3v) is 3.71. The Kier molecular flexibility index (Phi) is 4.43. The molecule has 0 aromatic heterocycles. The topological polar surface area (TPSA) is 87.0 Å². The summed E-state index contributed by atoms with van der Waals surface area (Å²) in [7, 11) is -4.78. The SMILES string of the molecule is CS(=O)Nc1ccc(S(=O)(=O)C=CC#N)cc1. The van der Waals surface area contributed by atoms with Crippen molar-refractivity contribution in [1.29, 1.82) is 5.26 Å². The molecule has 0 saturated carbocycles. The number of sulfone groups is 1. The first-order valence-corrected chi connectivity index (χ1v) is 7.57. The van der Waals surface area contributed by atoms with Gasteiger partial charge in [0.25, 0.3) is 0 Å². The highest BCUT2D eigenvalue weighted by Gasteiger charge is 2.09. The third kappa shape index (κ3) is 4.01. The molecule has 1 rings (SSSR count). The largest absolute Gasteiger partial charge is 0.305 e. The highest BCUT2D eigenvalue weighted by molar-refractivity contribution is 7.94. The number of hydrogen-bond acceptors (Lipinski definition) is 4. The molecule has 0 saturated heterocycles. The Morgan fingerprint density at radius 2 is 1.94 bits per heavy atom. The summed E-state index contributed by atoms with van der Waals surface area (Å²) in [6.07, 6.45) is 2.38. The van der Waals surface area contributed by atoms with E-state index >= 15 is 0 Å². The molecule has 0 amide bonds. The molecule has 0 fully saturated rings. The molecule has 0 heterocycles. The molecule has 17 heavy (non-hydrogen) atoms. The first kappa shape index (κ1) is 13.4. The average molecular weight is 270 g/mol. The zero-order valence-electron chi connectivity index (χ0n) is 8.95. The Morgan fingerprint density at radius 3 is 2.41 bits per heavy atom. The van der Waals surface area contributed by atoms with Crippen molar-refractivity contribution in [2.75, 3.05) is 11.0 Å². The van der Waals surface area contributed by atoms with Crippen LogP contribution in [0.15, 0.2) is 40.6 Å². The molecule has 0 bridgehead atoms. The molecule has 90 valence electrons. The molecule has 1 aromatic carbocycles. The first-order valence-electron chi connectivity index (χ1n) is 4.47. The Hall–Kier alpha value is -1.65. The summed E-state index contributed by atoms with van der Waals surface area (Å²) in [4.78, 5) is 0.0800. The normalized spacial score (nSPS) is 13.2. The summed E-state index contributed by atoms with van der Waals surface area (Å²) < 4.78 is 36.7. The zero-order valence-corrected chi connectivity index (χ0v) is 10.6. The van der Waals surface area contributed by atoms with E-state index in [1.54, 1.807) is 6.07 Å². The van der Waals surface area contributed by atoms with E-state index in [0.29, 0.717) is 5.69 Å². The van der Waals surface area contributed by atoms with Gasteiger partial charge in [0, 0.05) is 23.4 Å². The van der Waals surface area contributed by atoms with Crippen LogP contribution >= 0.6 is 0 Å². The maximum Gasteiger partial charge on any atom is 0.200 e. The number of hydrogen-bond donors (Lipinski definition) is 1. The minimum atomic E-state index is -3.57. The van der Waals surface area contributed by atoms with E-state index in [9.17, 15) is 12.6 Å². The van der Waals surface area contributed by atoms with Gasteiger partial charge in [-0.25, -0.2) is 12.6 Å². The number of nitrogens with one attached hydrogen (secondary N) is 1. The number of nitriles is 1. The molecule has 1 N–H and O–H groups in total. The lowest BCUT2D eigenvalue weighted by Gasteiger charge is -2.03. The second kappa shape index (κ2) is 5.61. The Bertz CT molecular complexity index is 583. The fourth-order valence-electron chi connectivity index (χ4n) is 1.08. The number of benzene rings is 1. The number of allylic oxidation sites excluding steroid dienone is 1. The minimum Gasteiger partial charge on any atom is -0.305 e. The van der Waals surface area contributed by atoms with Crippen LogP contribution in [-0.4, -0.2) is 18.9 Å². The average Bonchev–Trinajstić information content (AvgIpc) is 2.26. The molecule has 0 aliphatic heterocycles. The van der Waals surface area contributed by atoms with Crippen molar-refractivity contribution >= 4 is 26.5 Å². The highest BCUT2D eigenvalue weighted by Crippen LogP contribution is 2.16. The van der Waals surface area contributed by atoms with Crippen molar-refractivity contribution in [3.8, 4) is 6.07 Å². The third-order valence-electron chi connectivity index (χ3n) is 1.77. The molecule has 1 unspecified atom stereocenters. The van der Waals surface area contributed by atoms with Crippen molar-refractivity contribution in [3.63, 3.8) is 0 Å². The van der Waals surface area contributed by atoms with Crippen LogP contribution in [0.2, 0.25) is 0 Å². The van der Waals surface area contributed by atoms with E-state index in [1.165, 1.54) is 30.5 Å². The van der Waals surface area contributed by atoms with Gasteiger partial charge in [-0.1, -0.05) is 0 Å². The van der Waals surface area contributed by atoms with Gasteiger partial charge in [0.15, 0.2) is 0 Å². The van der Waals surface area contributed by atoms with Crippen molar-refractivity contribution in [2.45, 2.75) is 4.90 Å². The second-order valence-corrected chi connectivity index (χ2v) is 6.00. The summed E-state index contributed by atoms with van der Waals surface area (Å²) in [5.74, 6) is 0. The van der Waals surface area contributed by atoms with Gasteiger partial charge in [-0.05, 0) is 24.3 Å². The van der Waals surface area contributed by atoms with Crippen LogP contribution in [0.4, 0.5) is 5.69 Å². The molecule has 1 atom stereocenters. The van der Waals surface area contributed by atoms with E-state index in [1.807, 2.05) is 0 Å². The van der Waals surface area contributed by atoms with Crippen LogP contribution in [0.5, 0.6) is 0 Å². The van der Waals surface area contributed by atoms with Gasteiger partial charge in [-0.3, -0.25) is 0 Å². The summed E-state index contributed by atoms with van der Waals surface area (Å²) >= 11 is 0. The van der Waals surface area contributed by atoms with Gasteiger partial charge in [-0.2, -0.15) is 5.26 Å². The van der Waals surface area contributed by atoms with Gasteiger partial charge in [0.2, 0.25) is 9.84 Å². The maximum absolute atomic E-state index is 11.6. The Labute approximate surface area is 102 Å². The molecular weight excluding hydrogens is 260 g/mol. The molecule has 0 radical (unpaired) electrons.